The molecule has 0 aliphatic heterocycles. The molecule has 25 heavy (non-hydrogen) atoms. The predicted octanol–water partition coefficient (Wildman–Crippen LogP) is 6.71. The van der Waals surface area contributed by atoms with Gasteiger partial charge >= 0.3 is 0 Å². The molecule has 0 saturated heterocycles. The van der Waals surface area contributed by atoms with Gasteiger partial charge in [0.25, 0.3) is 5.24 Å². The first-order valence-electron chi connectivity index (χ1n) is 9.57. The molecule has 0 heterocycles. The average Bonchev–Trinajstić information content (AvgIpc) is 2.50. The Morgan fingerprint density at radius 2 is 1.60 bits per heavy atom. The van der Waals surface area contributed by atoms with E-state index in [0.717, 1.165) is 6.42 Å². The summed E-state index contributed by atoms with van der Waals surface area (Å²) in [7, 11) is 0. The van der Waals surface area contributed by atoms with Crippen molar-refractivity contribution in [2.75, 3.05) is 13.2 Å². The number of aliphatic hydroxyl groups excluding tert-OH is 1. The zero-order valence-corrected chi connectivity index (χ0v) is 19.8. The second-order valence-electron chi connectivity index (χ2n) is 6.87. The standard InChI is InChI=1S/C19H39NO2S.BrH.H3N/c1-5-7-8-9-10-11-12-13-14-17(3)19(4,15-16-21)23-18(22)20-6-2;;/h17,21H,5-16H2,1-4H3,(H,20,22);1H;1H3/p+1. The van der Waals surface area contributed by atoms with Crippen LogP contribution in [-0.2, 0) is 0 Å². The molecule has 0 aromatic rings. The van der Waals surface area contributed by atoms with Crippen LogP contribution >= 0.6 is 28.7 Å². The summed E-state index contributed by atoms with van der Waals surface area (Å²) in [6.07, 6.45) is 12.4. The summed E-state index contributed by atoms with van der Waals surface area (Å²) in [6, 6.07) is 0. The molecule has 2 atom stereocenters. The lowest BCUT2D eigenvalue weighted by Crippen LogP contribution is -2.34. The number of thioether (sulfide) groups is 1. The lowest BCUT2D eigenvalue weighted by molar-refractivity contribution is 0.243. The number of halogens is 1. The molecule has 0 spiro atoms. The summed E-state index contributed by atoms with van der Waals surface area (Å²) >= 11 is 1.37. The van der Waals surface area contributed by atoms with Crippen LogP contribution in [0.15, 0.2) is 0 Å². The quantitative estimate of drug-likeness (QED) is 0.260. The smallest absolute Gasteiger partial charge is 0.279 e. The third kappa shape index (κ3) is 15.0. The van der Waals surface area contributed by atoms with E-state index in [1.165, 1.54) is 63.1 Å². The van der Waals surface area contributed by atoms with Crippen molar-refractivity contribution >= 4 is 34.0 Å². The molecule has 0 rings (SSSR count). The molecule has 6 N–H and O–H groups in total. The van der Waals surface area contributed by atoms with Crippen LogP contribution in [0.4, 0.5) is 4.79 Å². The van der Waals surface area contributed by atoms with Gasteiger partial charge in [0.05, 0.1) is 0 Å². The number of rotatable bonds is 14. The highest BCUT2D eigenvalue weighted by molar-refractivity contribution is 8.93. The first kappa shape index (κ1) is 30.0. The summed E-state index contributed by atoms with van der Waals surface area (Å²) in [4.78, 5) is 11.9. The van der Waals surface area contributed by atoms with Gasteiger partial charge in [-0.2, -0.15) is 0 Å². The minimum atomic E-state index is -0.171. The van der Waals surface area contributed by atoms with E-state index in [1.807, 2.05) is 6.92 Å². The van der Waals surface area contributed by atoms with Gasteiger partial charge in [-0.05, 0) is 32.6 Å². The Labute approximate surface area is 171 Å². The van der Waals surface area contributed by atoms with Crippen LogP contribution in [0.3, 0.4) is 0 Å². The first-order valence-corrected chi connectivity index (χ1v) is 10.4. The third-order valence-corrected chi connectivity index (χ3v) is 6.19. The Morgan fingerprint density at radius 3 is 2.08 bits per heavy atom. The molecule has 0 aliphatic rings. The van der Waals surface area contributed by atoms with Gasteiger partial charge in [-0.3, -0.25) is 4.79 Å². The molecule has 0 fully saturated rings. The molecule has 0 aromatic carbocycles. The first-order chi connectivity index (χ1) is 11.0. The van der Waals surface area contributed by atoms with E-state index in [-0.39, 0.29) is 39.7 Å². The van der Waals surface area contributed by atoms with Gasteiger partial charge < -0.3 is 16.6 Å². The molecule has 0 radical (unpaired) electrons. The number of hydrogen-bond acceptors (Lipinski definition) is 3. The van der Waals surface area contributed by atoms with Gasteiger partial charge in [0, 0.05) is 17.9 Å². The largest absolute Gasteiger partial charge is 0.396 e. The van der Waals surface area contributed by atoms with Crippen LogP contribution in [-0.4, -0.2) is 28.2 Å². The minimum absolute atomic E-state index is 0. The number of quaternary nitrogens is 1. The monoisotopic (exact) mass is 443 g/mol. The summed E-state index contributed by atoms with van der Waals surface area (Å²) in [6.45, 7) is 9.34. The lowest BCUT2D eigenvalue weighted by atomic mass is 9.87. The molecule has 0 aromatic heterocycles. The van der Waals surface area contributed by atoms with Crippen molar-refractivity contribution in [1.29, 1.82) is 0 Å². The Bertz CT molecular complexity index is 309. The number of unbranched alkanes of at least 4 members (excludes halogenated alkanes) is 7. The van der Waals surface area contributed by atoms with E-state index in [1.54, 1.807) is 0 Å². The molecule has 0 aliphatic carbocycles. The molecule has 1 amide bonds. The molecule has 4 nitrogen and oxygen atoms in total. The van der Waals surface area contributed by atoms with Gasteiger partial charge in [0.15, 0.2) is 0 Å². The van der Waals surface area contributed by atoms with Crippen molar-refractivity contribution in [1.82, 2.24) is 11.5 Å². The van der Waals surface area contributed by atoms with Gasteiger partial charge in [0.1, 0.15) is 0 Å². The molecule has 154 valence electrons. The minimum Gasteiger partial charge on any atom is -0.396 e. The highest BCUT2D eigenvalue weighted by Gasteiger charge is 2.33. The lowest BCUT2D eigenvalue weighted by Gasteiger charge is -2.34. The van der Waals surface area contributed by atoms with Crippen molar-refractivity contribution in [2.45, 2.75) is 96.7 Å². The summed E-state index contributed by atoms with van der Waals surface area (Å²) < 4.78 is -0.171. The van der Waals surface area contributed by atoms with Crippen molar-refractivity contribution in [3.8, 4) is 0 Å². The zero-order valence-electron chi connectivity index (χ0n) is 17.2. The highest BCUT2D eigenvalue weighted by atomic mass is 79.9. The molecule has 0 saturated carbocycles. The third-order valence-electron chi connectivity index (χ3n) is 4.79. The number of hydrogen-bond donors (Lipinski definition) is 3. The fourth-order valence-corrected chi connectivity index (χ4v) is 4.05. The van der Waals surface area contributed by atoms with E-state index < -0.39 is 0 Å². The molecule has 6 heteroatoms. The van der Waals surface area contributed by atoms with Crippen LogP contribution in [0.5, 0.6) is 0 Å². The molecule has 0 bridgehead atoms. The van der Waals surface area contributed by atoms with Gasteiger partial charge in [-0.1, -0.05) is 77.0 Å². The van der Waals surface area contributed by atoms with Crippen LogP contribution < -0.4 is 11.5 Å². The Morgan fingerprint density at radius 1 is 1.08 bits per heavy atom. The number of carbonyl (C=O) groups excluding carboxylic acids is 1. The van der Waals surface area contributed by atoms with E-state index in [2.05, 4.69) is 26.1 Å². The Kier molecular flexibility index (Phi) is 22.8. The van der Waals surface area contributed by atoms with Gasteiger partial charge in [-0.25, -0.2) is 0 Å². The Balaban J connectivity index is -0.00000242. The summed E-state index contributed by atoms with van der Waals surface area (Å²) in [5, 5.41) is 12.3. The second-order valence-corrected chi connectivity index (χ2v) is 8.38. The summed E-state index contributed by atoms with van der Waals surface area (Å²) in [5.41, 5.74) is 0. The molecular weight excluding hydrogens is 400 g/mol. The maximum atomic E-state index is 11.9. The van der Waals surface area contributed by atoms with Gasteiger partial charge in [0.2, 0.25) is 0 Å². The predicted molar refractivity (Wildman–Crippen MR) is 119 cm³/mol. The van der Waals surface area contributed by atoms with E-state index in [9.17, 15) is 9.90 Å². The van der Waals surface area contributed by atoms with Crippen LogP contribution in [0, 0.1) is 5.92 Å². The number of carbonyl (C=O) groups is 1. The average molecular weight is 445 g/mol. The Hall–Kier alpha value is 0.220. The number of amides is 1. The maximum absolute atomic E-state index is 11.9. The molecule has 2 unspecified atom stereocenters. The highest BCUT2D eigenvalue weighted by Crippen LogP contribution is 2.39. The topological polar surface area (TPSA) is 85.8 Å². The zero-order chi connectivity index (χ0) is 17.6. The fraction of sp³-hybridized carbons (Fsp3) is 0.947. The van der Waals surface area contributed by atoms with Crippen molar-refractivity contribution < 1.29 is 9.90 Å². The van der Waals surface area contributed by atoms with Crippen molar-refractivity contribution in [2.24, 2.45) is 5.92 Å². The van der Waals surface area contributed by atoms with Crippen LogP contribution in [0.2, 0.25) is 0 Å². The van der Waals surface area contributed by atoms with Gasteiger partial charge in [-0.15, -0.1) is 17.0 Å². The summed E-state index contributed by atoms with van der Waals surface area (Å²) in [5.74, 6) is 0.433. The fourth-order valence-electron chi connectivity index (χ4n) is 2.90. The van der Waals surface area contributed by atoms with E-state index >= 15 is 0 Å². The van der Waals surface area contributed by atoms with Crippen LogP contribution in [0.1, 0.15) is 91.9 Å². The number of aliphatic hydroxyl groups is 1. The van der Waals surface area contributed by atoms with E-state index in [0.29, 0.717) is 18.9 Å². The maximum Gasteiger partial charge on any atom is 0.279 e. The SMILES string of the molecule is Br.CCCCCCCCCCC(C)C(C)(CCO)SC(=O)NCC.[NH4+]. The molecular formula is C19H44BrN2O2S+. The van der Waals surface area contributed by atoms with Crippen molar-refractivity contribution in [3.05, 3.63) is 0 Å². The van der Waals surface area contributed by atoms with Crippen LogP contribution in [0.25, 0.3) is 0 Å². The van der Waals surface area contributed by atoms with Crippen molar-refractivity contribution in [3.63, 3.8) is 0 Å². The van der Waals surface area contributed by atoms with E-state index in [4.69, 9.17) is 0 Å². The normalized spacial score (nSPS) is 14.0. The number of nitrogens with one attached hydrogen (secondary N) is 1. The second kappa shape index (κ2) is 19.0.